The van der Waals surface area contributed by atoms with Crippen LogP contribution in [0, 0.1) is 0 Å². The molecule has 0 saturated carbocycles. The summed E-state index contributed by atoms with van der Waals surface area (Å²) in [7, 11) is 3.12. The molecule has 0 aliphatic heterocycles. The van der Waals surface area contributed by atoms with Gasteiger partial charge in [0.05, 0.1) is 19.9 Å². The maximum atomic E-state index is 12.6. The van der Waals surface area contributed by atoms with Gasteiger partial charge in [0.2, 0.25) is 0 Å². The highest BCUT2D eigenvalue weighted by atomic mass is 35.5. The van der Waals surface area contributed by atoms with E-state index in [1.165, 1.54) is 0 Å². The third-order valence-corrected chi connectivity index (χ3v) is 6.41. The van der Waals surface area contributed by atoms with Gasteiger partial charge in [-0.2, -0.15) is 0 Å². The van der Waals surface area contributed by atoms with Gasteiger partial charge in [0.25, 0.3) is 5.91 Å². The highest BCUT2D eigenvalue weighted by Gasteiger charge is 2.14. The van der Waals surface area contributed by atoms with Crippen LogP contribution < -0.4 is 14.8 Å². The van der Waals surface area contributed by atoms with Crippen LogP contribution in [0.1, 0.15) is 10.4 Å². The van der Waals surface area contributed by atoms with Crippen LogP contribution >= 0.6 is 23.4 Å². The maximum Gasteiger partial charge on any atom is 0.251 e. The first-order valence-electron chi connectivity index (χ1n) is 10.1. The molecule has 0 bridgehead atoms. The molecular weight excluding hydrogens is 444 g/mol. The van der Waals surface area contributed by atoms with Crippen molar-refractivity contribution in [1.82, 2.24) is 10.3 Å². The number of aromatic nitrogens is 1. The number of amides is 1. The largest absolute Gasteiger partial charge is 0.497 e. The minimum absolute atomic E-state index is 0.167. The van der Waals surface area contributed by atoms with E-state index in [0.717, 1.165) is 32.8 Å². The molecule has 0 spiro atoms. The quantitative estimate of drug-likeness (QED) is 0.246. The molecule has 0 unspecified atom stereocenters. The second-order valence-corrected chi connectivity index (χ2v) is 8.63. The number of thioether (sulfide) groups is 1. The van der Waals surface area contributed by atoms with Crippen molar-refractivity contribution in [2.45, 2.75) is 4.90 Å². The van der Waals surface area contributed by atoms with E-state index in [0.29, 0.717) is 28.6 Å². The summed E-state index contributed by atoms with van der Waals surface area (Å²) in [6, 6.07) is 21.1. The number of carbonyl (C=O) groups is 1. The number of carbonyl (C=O) groups excluding carboxylic acids is 1. The van der Waals surface area contributed by atoms with Gasteiger partial charge < -0.3 is 19.8 Å². The fourth-order valence-electron chi connectivity index (χ4n) is 3.44. The van der Waals surface area contributed by atoms with Crippen molar-refractivity contribution in [2.24, 2.45) is 0 Å². The summed E-state index contributed by atoms with van der Waals surface area (Å²) < 4.78 is 10.5. The summed E-state index contributed by atoms with van der Waals surface area (Å²) in [5, 5.41) is 4.84. The number of para-hydroxylation sites is 1. The van der Waals surface area contributed by atoms with Gasteiger partial charge >= 0.3 is 0 Å². The third kappa shape index (κ3) is 4.87. The van der Waals surface area contributed by atoms with Crippen molar-refractivity contribution >= 4 is 40.2 Å². The van der Waals surface area contributed by atoms with Crippen molar-refractivity contribution in [1.29, 1.82) is 0 Å². The lowest BCUT2D eigenvalue weighted by molar-refractivity contribution is 0.0955. The van der Waals surface area contributed by atoms with Gasteiger partial charge in [-0.1, -0.05) is 41.9 Å². The molecule has 0 saturated heterocycles. The topological polar surface area (TPSA) is 63.4 Å². The number of rotatable bonds is 8. The summed E-state index contributed by atoms with van der Waals surface area (Å²) in [5.41, 5.74) is 3.70. The average molecular weight is 467 g/mol. The van der Waals surface area contributed by atoms with Gasteiger partial charge in [-0.15, -0.1) is 11.8 Å². The number of fused-ring (bicyclic) bond motifs is 1. The normalized spacial score (nSPS) is 10.8. The molecule has 0 fully saturated rings. The van der Waals surface area contributed by atoms with E-state index >= 15 is 0 Å². The molecule has 32 heavy (non-hydrogen) atoms. The Bertz CT molecular complexity index is 1220. The standard InChI is InChI=1S/C25H23ClN2O3S/c1-30-19-13-17(14-20(15-19)31-2)25(29)27-11-12-32-24-21-5-3-4-6-22(21)28-23(24)16-7-9-18(26)10-8-16/h3-10,13-15,28H,11-12H2,1-2H3,(H,27,29). The zero-order valence-electron chi connectivity index (χ0n) is 17.8. The molecule has 1 aromatic heterocycles. The number of ether oxygens (including phenoxy) is 2. The molecular formula is C25H23ClN2O3S. The van der Waals surface area contributed by atoms with Gasteiger partial charge in [-0.3, -0.25) is 4.79 Å². The van der Waals surface area contributed by atoms with E-state index in [1.807, 2.05) is 36.4 Å². The Kier molecular flexibility index (Phi) is 6.93. The molecule has 4 rings (SSSR count). The maximum absolute atomic E-state index is 12.6. The Balaban J connectivity index is 1.47. The molecule has 0 radical (unpaired) electrons. The lowest BCUT2D eigenvalue weighted by Gasteiger charge is -2.10. The smallest absolute Gasteiger partial charge is 0.251 e. The summed E-state index contributed by atoms with van der Waals surface area (Å²) in [5.74, 6) is 1.71. The first kappa shape index (κ1) is 22.1. The minimum Gasteiger partial charge on any atom is -0.497 e. The van der Waals surface area contributed by atoms with Gasteiger partial charge in [0, 0.05) is 44.7 Å². The fourth-order valence-corrected chi connectivity index (χ4v) is 4.63. The Morgan fingerprint density at radius 2 is 1.69 bits per heavy atom. The molecule has 3 aromatic carbocycles. The summed E-state index contributed by atoms with van der Waals surface area (Å²) in [6.45, 7) is 0.516. The molecule has 0 atom stereocenters. The third-order valence-electron chi connectivity index (χ3n) is 5.04. The van der Waals surface area contributed by atoms with Gasteiger partial charge in [0.15, 0.2) is 0 Å². The van der Waals surface area contributed by atoms with Crippen molar-refractivity contribution in [2.75, 3.05) is 26.5 Å². The van der Waals surface area contributed by atoms with Crippen LogP contribution in [0.25, 0.3) is 22.2 Å². The number of nitrogens with one attached hydrogen (secondary N) is 2. The molecule has 5 nitrogen and oxygen atoms in total. The average Bonchev–Trinajstić information content (AvgIpc) is 3.20. The molecule has 0 aliphatic rings. The monoisotopic (exact) mass is 466 g/mol. The highest BCUT2D eigenvalue weighted by molar-refractivity contribution is 7.99. The number of aromatic amines is 1. The van der Waals surface area contributed by atoms with Crippen LogP contribution in [-0.4, -0.2) is 37.4 Å². The van der Waals surface area contributed by atoms with E-state index in [-0.39, 0.29) is 5.91 Å². The molecule has 4 aromatic rings. The number of methoxy groups -OCH3 is 2. The van der Waals surface area contributed by atoms with Crippen LogP contribution in [0.5, 0.6) is 11.5 Å². The van der Waals surface area contributed by atoms with E-state index in [9.17, 15) is 4.79 Å². The van der Waals surface area contributed by atoms with Crippen LogP contribution in [-0.2, 0) is 0 Å². The number of halogens is 1. The number of benzene rings is 3. The van der Waals surface area contributed by atoms with Crippen molar-refractivity contribution in [3.05, 3.63) is 77.3 Å². The summed E-state index contributed by atoms with van der Waals surface area (Å²) >= 11 is 7.77. The SMILES string of the molecule is COc1cc(OC)cc(C(=O)NCCSc2c(-c3ccc(Cl)cc3)[nH]c3ccccc23)c1. The van der Waals surface area contributed by atoms with Crippen molar-refractivity contribution in [3.63, 3.8) is 0 Å². The van der Waals surface area contributed by atoms with Crippen molar-refractivity contribution in [3.8, 4) is 22.8 Å². The minimum atomic E-state index is -0.167. The van der Waals surface area contributed by atoms with Gasteiger partial charge in [-0.25, -0.2) is 0 Å². The molecule has 0 aliphatic carbocycles. The molecule has 1 amide bonds. The first-order valence-corrected chi connectivity index (χ1v) is 11.5. The Morgan fingerprint density at radius 3 is 2.38 bits per heavy atom. The Morgan fingerprint density at radius 1 is 1.00 bits per heavy atom. The lowest BCUT2D eigenvalue weighted by atomic mass is 10.1. The second kappa shape index (κ2) is 10.0. The molecule has 7 heteroatoms. The van der Waals surface area contributed by atoms with E-state index in [2.05, 4.69) is 22.4 Å². The number of hydrogen-bond acceptors (Lipinski definition) is 4. The molecule has 1 heterocycles. The summed E-state index contributed by atoms with van der Waals surface area (Å²) in [4.78, 5) is 17.3. The highest BCUT2D eigenvalue weighted by Crippen LogP contribution is 2.37. The van der Waals surface area contributed by atoms with Crippen LogP contribution in [0.2, 0.25) is 5.02 Å². The number of hydrogen-bond donors (Lipinski definition) is 2. The zero-order chi connectivity index (χ0) is 22.5. The number of H-pyrrole nitrogens is 1. The predicted octanol–water partition coefficient (Wildman–Crippen LogP) is 6.03. The van der Waals surface area contributed by atoms with Crippen molar-refractivity contribution < 1.29 is 14.3 Å². The van der Waals surface area contributed by atoms with Crippen LogP contribution in [0.4, 0.5) is 0 Å². The lowest BCUT2D eigenvalue weighted by Crippen LogP contribution is -2.25. The van der Waals surface area contributed by atoms with E-state index < -0.39 is 0 Å². The molecule has 164 valence electrons. The first-order chi connectivity index (χ1) is 15.6. The fraction of sp³-hybridized carbons (Fsp3) is 0.160. The van der Waals surface area contributed by atoms with Crippen LogP contribution in [0.15, 0.2) is 71.6 Å². The van der Waals surface area contributed by atoms with Crippen LogP contribution in [0.3, 0.4) is 0 Å². The Labute approximate surface area is 196 Å². The summed E-state index contributed by atoms with van der Waals surface area (Å²) in [6.07, 6.45) is 0. The van der Waals surface area contributed by atoms with Gasteiger partial charge in [0.1, 0.15) is 11.5 Å². The molecule has 2 N–H and O–H groups in total. The van der Waals surface area contributed by atoms with Gasteiger partial charge in [-0.05, 0) is 35.9 Å². The zero-order valence-corrected chi connectivity index (χ0v) is 19.3. The van der Waals surface area contributed by atoms with E-state index in [4.69, 9.17) is 21.1 Å². The predicted molar refractivity (Wildman–Crippen MR) is 131 cm³/mol. The second-order valence-electron chi connectivity index (χ2n) is 7.09. The Hall–Kier alpha value is -3.09. The van der Waals surface area contributed by atoms with E-state index in [1.54, 1.807) is 44.2 Å².